The highest BCUT2D eigenvalue weighted by molar-refractivity contribution is 6.30. The van der Waals surface area contributed by atoms with Crippen LogP contribution in [-0.2, 0) is 17.6 Å². The van der Waals surface area contributed by atoms with Gasteiger partial charge in [0.15, 0.2) is 6.04 Å². The van der Waals surface area contributed by atoms with Crippen molar-refractivity contribution in [3.05, 3.63) is 58.0 Å². The van der Waals surface area contributed by atoms with E-state index in [2.05, 4.69) is 15.2 Å². The maximum atomic E-state index is 14.5. The molecular weight excluding hydrogens is 532 g/mol. The standard InChI is InChI=1S/C29H33ClF4N4O/c30-23-6-4-19-14-21(15-22(19)25(23)31)36-24-7-5-20(16-35-24)26(29(32,33)34)38-11-1-8-28(27(38)39)9-12-37(13-10-28)17-18-2-3-18/h4-7,16,18,21,26H,1-3,8-15,17H2,(H,35,36). The molecule has 10 heteroatoms. The Balaban J connectivity index is 1.15. The first-order chi connectivity index (χ1) is 18.6. The van der Waals surface area contributed by atoms with Crippen molar-refractivity contribution < 1.29 is 22.4 Å². The van der Waals surface area contributed by atoms with Crippen molar-refractivity contribution in [2.24, 2.45) is 11.3 Å². The van der Waals surface area contributed by atoms with Crippen LogP contribution in [0.3, 0.4) is 0 Å². The summed E-state index contributed by atoms with van der Waals surface area (Å²) in [5.41, 5.74) is 0.674. The molecule has 6 rings (SSSR count). The normalized spacial score (nSPS) is 24.2. The first-order valence-electron chi connectivity index (χ1n) is 13.9. The maximum Gasteiger partial charge on any atom is 0.413 e. The Kier molecular flexibility index (Phi) is 7.03. The van der Waals surface area contributed by atoms with Gasteiger partial charge in [-0.05, 0) is 93.6 Å². The SMILES string of the molecule is O=C1N(C(c2ccc(NC3Cc4ccc(Cl)c(F)c4C3)nc2)C(F)(F)F)CCCC12CCN(CC1CC1)CC2. The molecule has 2 saturated heterocycles. The second-order valence-corrected chi connectivity index (χ2v) is 12.2. The van der Waals surface area contributed by atoms with E-state index in [9.17, 15) is 22.4 Å². The van der Waals surface area contributed by atoms with Gasteiger partial charge in [-0.15, -0.1) is 0 Å². The van der Waals surface area contributed by atoms with E-state index in [4.69, 9.17) is 11.6 Å². The van der Waals surface area contributed by atoms with E-state index in [1.165, 1.54) is 37.2 Å². The molecule has 5 nitrogen and oxygen atoms in total. The summed E-state index contributed by atoms with van der Waals surface area (Å²) in [5.74, 6) is 0.371. The number of alkyl halides is 3. The van der Waals surface area contributed by atoms with Crippen LogP contribution in [0, 0.1) is 17.2 Å². The molecule has 0 radical (unpaired) electrons. The number of hydrogen-bond donors (Lipinski definition) is 1. The van der Waals surface area contributed by atoms with Crippen LogP contribution >= 0.6 is 11.6 Å². The molecule has 2 aliphatic carbocycles. The van der Waals surface area contributed by atoms with Crippen molar-refractivity contribution in [1.29, 1.82) is 0 Å². The van der Waals surface area contributed by atoms with Crippen LogP contribution < -0.4 is 5.32 Å². The van der Waals surface area contributed by atoms with Gasteiger partial charge < -0.3 is 15.1 Å². The minimum absolute atomic E-state index is 0.0443. The molecule has 1 N–H and O–H groups in total. The van der Waals surface area contributed by atoms with Crippen molar-refractivity contribution in [2.45, 2.75) is 69.6 Å². The summed E-state index contributed by atoms with van der Waals surface area (Å²) in [5, 5.41) is 3.29. The number of carbonyl (C=O) groups excluding carboxylic acids is 1. The highest BCUT2D eigenvalue weighted by atomic mass is 35.5. The van der Waals surface area contributed by atoms with E-state index in [1.807, 2.05) is 0 Å². The lowest BCUT2D eigenvalue weighted by Gasteiger charge is -2.48. The number of amides is 1. The molecule has 1 aromatic carbocycles. The van der Waals surface area contributed by atoms with Gasteiger partial charge in [0.05, 0.1) is 10.4 Å². The van der Waals surface area contributed by atoms with Crippen molar-refractivity contribution in [3.63, 3.8) is 0 Å². The number of nitrogens with one attached hydrogen (secondary N) is 1. The molecule has 1 spiro atoms. The van der Waals surface area contributed by atoms with Gasteiger partial charge in [0.1, 0.15) is 11.6 Å². The number of benzene rings is 1. The van der Waals surface area contributed by atoms with Gasteiger partial charge in [-0.2, -0.15) is 13.2 Å². The Morgan fingerprint density at radius 3 is 2.51 bits per heavy atom. The molecule has 2 atom stereocenters. The molecule has 1 saturated carbocycles. The zero-order valence-electron chi connectivity index (χ0n) is 21.7. The molecule has 3 fully saturated rings. The number of carbonyl (C=O) groups is 1. The van der Waals surface area contributed by atoms with Gasteiger partial charge in [0, 0.05) is 30.9 Å². The average molecular weight is 565 g/mol. The van der Waals surface area contributed by atoms with Crippen LogP contribution in [-0.4, -0.2) is 59.1 Å². The topological polar surface area (TPSA) is 48.5 Å². The lowest BCUT2D eigenvalue weighted by molar-refractivity contribution is -0.202. The largest absolute Gasteiger partial charge is 0.413 e. The molecule has 2 unspecified atom stereocenters. The quantitative estimate of drug-likeness (QED) is 0.426. The van der Waals surface area contributed by atoms with Gasteiger partial charge in [-0.3, -0.25) is 4.79 Å². The molecular formula is C29H33ClF4N4O. The number of aromatic nitrogens is 1. The fraction of sp³-hybridized carbons (Fsp3) is 0.586. The number of nitrogens with zero attached hydrogens (tertiary/aromatic N) is 3. The van der Waals surface area contributed by atoms with E-state index in [0.29, 0.717) is 49.9 Å². The summed E-state index contributed by atoms with van der Waals surface area (Å²) in [6, 6.07) is 4.08. The predicted octanol–water partition coefficient (Wildman–Crippen LogP) is 6.17. The van der Waals surface area contributed by atoms with Crippen molar-refractivity contribution >= 4 is 23.3 Å². The maximum absolute atomic E-state index is 14.5. The average Bonchev–Trinajstić information content (AvgIpc) is 3.62. The van der Waals surface area contributed by atoms with Crippen LogP contribution in [0.4, 0.5) is 23.4 Å². The number of fused-ring (bicyclic) bond motifs is 1. The number of rotatable bonds is 6. The number of hydrogen-bond acceptors (Lipinski definition) is 4. The highest BCUT2D eigenvalue weighted by Gasteiger charge is 2.53. The van der Waals surface area contributed by atoms with E-state index in [1.54, 1.807) is 6.07 Å². The number of pyridine rings is 1. The lowest BCUT2D eigenvalue weighted by Crippen LogP contribution is -2.56. The molecule has 1 amide bonds. The van der Waals surface area contributed by atoms with E-state index in [0.717, 1.165) is 36.0 Å². The van der Waals surface area contributed by atoms with Crippen LogP contribution in [0.2, 0.25) is 5.02 Å². The Morgan fingerprint density at radius 1 is 1.08 bits per heavy atom. The minimum atomic E-state index is -4.62. The number of piperidine rings is 2. The van der Waals surface area contributed by atoms with Crippen molar-refractivity contribution in [2.75, 3.05) is 31.5 Å². The second-order valence-electron chi connectivity index (χ2n) is 11.8. The van der Waals surface area contributed by atoms with Gasteiger partial charge in [-0.1, -0.05) is 23.7 Å². The Labute approximate surface area is 230 Å². The summed E-state index contributed by atoms with van der Waals surface area (Å²) in [4.78, 5) is 21.4. The van der Waals surface area contributed by atoms with Crippen LogP contribution in [0.5, 0.6) is 0 Å². The third-order valence-corrected chi connectivity index (χ3v) is 9.37. The van der Waals surface area contributed by atoms with E-state index in [-0.39, 0.29) is 29.1 Å². The summed E-state index contributed by atoms with van der Waals surface area (Å²) < 4.78 is 57.8. The Bertz CT molecular complexity index is 1230. The van der Waals surface area contributed by atoms with Gasteiger partial charge in [0.2, 0.25) is 5.91 Å². The minimum Gasteiger partial charge on any atom is -0.367 e. The second kappa shape index (κ2) is 10.2. The van der Waals surface area contributed by atoms with Gasteiger partial charge in [0.25, 0.3) is 0 Å². The Morgan fingerprint density at radius 2 is 1.85 bits per heavy atom. The summed E-state index contributed by atoms with van der Waals surface area (Å²) >= 11 is 5.90. The third-order valence-electron chi connectivity index (χ3n) is 9.08. The number of halogens is 5. The fourth-order valence-electron chi connectivity index (χ4n) is 6.78. The van der Waals surface area contributed by atoms with Gasteiger partial charge >= 0.3 is 6.18 Å². The molecule has 2 aliphatic heterocycles. The molecule has 2 aromatic rings. The molecule has 0 bridgehead atoms. The first kappa shape index (κ1) is 26.8. The first-order valence-corrected chi connectivity index (χ1v) is 14.3. The number of likely N-dealkylation sites (tertiary alicyclic amines) is 2. The highest BCUT2D eigenvalue weighted by Crippen LogP contribution is 2.47. The number of anilines is 1. The molecule has 3 heterocycles. The van der Waals surface area contributed by atoms with Crippen molar-refractivity contribution in [3.8, 4) is 0 Å². The summed E-state index contributed by atoms with van der Waals surface area (Å²) in [7, 11) is 0. The van der Waals surface area contributed by atoms with Crippen LogP contribution in [0.15, 0.2) is 30.5 Å². The molecule has 39 heavy (non-hydrogen) atoms. The zero-order valence-corrected chi connectivity index (χ0v) is 22.5. The molecule has 1 aromatic heterocycles. The van der Waals surface area contributed by atoms with Gasteiger partial charge in [-0.25, -0.2) is 9.37 Å². The van der Waals surface area contributed by atoms with E-state index >= 15 is 0 Å². The van der Waals surface area contributed by atoms with Crippen LogP contribution in [0.25, 0.3) is 0 Å². The van der Waals surface area contributed by atoms with E-state index < -0.39 is 23.5 Å². The molecule has 210 valence electrons. The fourth-order valence-corrected chi connectivity index (χ4v) is 6.96. The lowest BCUT2D eigenvalue weighted by atomic mass is 9.71. The summed E-state index contributed by atoms with van der Waals surface area (Å²) in [6.07, 6.45) is 2.55. The predicted molar refractivity (Wildman–Crippen MR) is 141 cm³/mol. The molecule has 4 aliphatic rings. The van der Waals surface area contributed by atoms with Crippen molar-refractivity contribution in [1.82, 2.24) is 14.8 Å². The monoisotopic (exact) mass is 564 g/mol. The Hall–Kier alpha value is -2.39. The summed E-state index contributed by atoms with van der Waals surface area (Å²) in [6.45, 7) is 2.68. The smallest absolute Gasteiger partial charge is 0.367 e. The third kappa shape index (κ3) is 5.36. The zero-order chi connectivity index (χ0) is 27.4. The van der Waals surface area contributed by atoms with Crippen LogP contribution in [0.1, 0.15) is 61.3 Å².